The number of hydrogen-bond acceptors (Lipinski definition) is 4. The van der Waals surface area contributed by atoms with Crippen LogP contribution in [0.2, 0.25) is 0 Å². The molecule has 0 bridgehead atoms. The summed E-state index contributed by atoms with van der Waals surface area (Å²) < 4.78 is 11.4. The quantitative estimate of drug-likeness (QED) is 0.580. The molecule has 2 heterocycles. The molecule has 0 saturated heterocycles. The van der Waals surface area contributed by atoms with Crippen molar-refractivity contribution in [3.05, 3.63) is 70.3 Å². The minimum absolute atomic E-state index is 0.155. The van der Waals surface area contributed by atoms with Crippen LogP contribution in [-0.4, -0.2) is 12.1 Å². The first kappa shape index (κ1) is 15.2. The number of nitrogens with two attached hydrogens (primary N) is 1. The summed E-state index contributed by atoms with van der Waals surface area (Å²) in [6.07, 6.45) is 0. The van der Waals surface area contributed by atoms with E-state index in [-0.39, 0.29) is 5.92 Å². The van der Waals surface area contributed by atoms with Gasteiger partial charge in [0.05, 0.1) is 7.11 Å². The lowest BCUT2D eigenvalue weighted by atomic mass is 9.82. The summed E-state index contributed by atoms with van der Waals surface area (Å²) >= 11 is 0. The second kappa shape index (κ2) is 5.60. The highest BCUT2D eigenvalue weighted by molar-refractivity contribution is 5.68. The van der Waals surface area contributed by atoms with Crippen molar-refractivity contribution in [3.8, 4) is 23.4 Å². The number of nitrogen functional groups attached to an aromatic ring is 1. The fourth-order valence-electron chi connectivity index (χ4n) is 3.39. The zero-order valence-corrected chi connectivity index (χ0v) is 14.0. The lowest BCUT2D eigenvalue weighted by Gasteiger charge is -2.27. The third kappa shape index (κ3) is 2.31. The van der Waals surface area contributed by atoms with Crippen molar-refractivity contribution in [3.63, 3.8) is 0 Å². The molecule has 1 aliphatic heterocycles. The first-order chi connectivity index (χ1) is 12.1. The molecule has 1 aliphatic rings. The highest BCUT2D eigenvalue weighted by Crippen LogP contribution is 2.50. The number of aryl methyl sites for hydroxylation is 1. The molecule has 0 aliphatic carbocycles. The van der Waals surface area contributed by atoms with Gasteiger partial charge in [-0.1, -0.05) is 24.3 Å². The summed E-state index contributed by atoms with van der Waals surface area (Å²) in [6, 6.07) is 16.1. The van der Waals surface area contributed by atoms with Crippen LogP contribution in [0.1, 0.15) is 33.7 Å². The number of rotatable bonds is 2. The highest BCUT2D eigenvalue weighted by atomic mass is 16.5. The lowest BCUT2D eigenvalue weighted by Crippen LogP contribution is -2.12. The van der Waals surface area contributed by atoms with Crippen LogP contribution in [-0.2, 0) is 0 Å². The third-order valence-corrected chi connectivity index (χ3v) is 4.55. The molecule has 1 aromatic heterocycles. The van der Waals surface area contributed by atoms with Crippen LogP contribution in [0.3, 0.4) is 0 Å². The average Bonchev–Trinajstić information content (AvgIpc) is 2.93. The van der Waals surface area contributed by atoms with Gasteiger partial charge in [-0.15, -0.1) is 0 Å². The molecule has 0 saturated carbocycles. The van der Waals surface area contributed by atoms with Crippen LogP contribution in [0.5, 0.6) is 17.4 Å². The number of aromatic amines is 1. The number of H-pyrrole nitrogens is 1. The van der Waals surface area contributed by atoms with E-state index >= 15 is 0 Å². The minimum Gasteiger partial charge on any atom is -0.497 e. The van der Waals surface area contributed by atoms with E-state index in [1.165, 1.54) is 0 Å². The largest absolute Gasteiger partial charge is 0.497 e. The number of fused-ring (bicyclic) bond motifs is 2. The summed E-state index contributed by atoms with van der Waals surface area (Å²) in [5, 5.41) is 9.59. The molecule has 2 aromatic carbocycles. The van der Waals surface area contributed by atoms with Crippen molar-refractivity contribution in [2.75, 3.05) is 12.8 Å². The highest BCUT2D eigenvalue weighted by Gasteiger charge is 2.34. The molecule has 0 spiro atoms. The maximum atomic E-state index is 9.59. The molecule has 3 N–H and O–H groups in total. The second-order valence-electron chi connectivity index (χ2n) is 6.12. The molecular formula is C20H17N3O2. The normalized spacial score (nSPS) is 14.8. The molecule has 5 heteroatoms. The van der Waals surface area contributed by atoms with Gasteiger partial charge in [0.25, 0.3) is 0 Å². The van der Waals surface area contributed by atoms with E-state index in [1.807, 2.05) is 49.4 Å². The van der Waals surface area contributed by atoms with Crippen LogP contribution in [0, 0.1) is 18.3 Å². The van der Waals surface area contributed by atoms with Gasteiger partial charge in [-0.3, -0.25) is 0 Å². The Bertz CT molecular complexity index is 1010. The summed E-state index contributed by atoms with van der Waals surface area (Å²) in [4.78, 5) is 3.01. The van der Waals surface area contributed by atoms with Crippen LogP contribution in [0.4, 0.5) is 5.82 Å². The van der Waals surface area contributed by atoms with Gasteiger partial charge in [0.2, 0.25) is 5.88 Å². The first-order valence-corrected chi connectivity index (χ1v) is 7.96. The van der Waals surface area contributed by atoms with Gasteiger partial charge in [-0.05, 0) is 36.2 Å². The monoisotopic (exact) mass is 331 g/mol. The van der Waals surface area contributed by atoms with Crippen molar-refractivity contribution in [1.82, 2.24) is 4.98 Å². The molecule has 5 nitrogen and oxygen atoms in total. The fourth-order valence-corrected chi connectivity index (χ4v) is 3.39. The number of ether oxygens (including phenoxy) is 2. The Morgan fingerprint density at radius 2 is 2.08 bits per heavy atom. The number of nitrogens with one attached hydrogen (secondary N) is 1. The van der Waals surface area contributed by atoms with Crippen LogP contribution < -0.4 is 15.2 Å². The molecule has 25 heavy (non-hydrogen) atoms. The van der Waals surface area contributed by atoms with E-state index in [1.54, 1.807) is 7.11 Å². The van der Waals surface area contributed by atoms with Crippen molar-refractivity contribution in [1.29, 1.82) is 5.26 Å². The smallest absolute Gasteiger partial charge is 0.204 e. The molecule has 0 radical (unpaired) electrons. The van der Waals surface area contributed by atoms with E-state index in [9.17, 15) is 5.26 Å². The predicted octanol–water partition coefficient (Wildman–Crippen LogP) is 4.07. The van der Waals surface area contributed by atoms with Gasteiger partial charge in [0, 0.05) is 17.0 Å². The number of nitrogens with zero attached hydrogens (tertiary/aromatic N) is 1. The summed E-state index contributed by atoms with van der Waals surface area (Å²) in [5.74, 6) is 2.23. The topological polar surface area (TPSA) is 84.1 Å². The van der Waals surface area contributed by atoms with E-state index in [0.29, 0.717) is 17.3 Å². The van der Waals surface area contributed by atoms with Gasteiger partial charge >= 0.3 is 0 Å². The van der Waals surface area contributed by atoms with Crippen molar-refractivity contribution >= 4 is 5.82 Å². The molecule has 4 rings (SSSR count). The number of methoxy groups -OCH3 is 1. The first-order valence-electron chi connectivity index (χ1n) is 7.96. The van der Waals surface area contributed by atoms with Crippen molar-refractivity contribution in [2.24, 2.45) is 0 Å². The Labute approximate surface area is 145 Å². The van der Waals surface area contributed by atoms with Crippen molar-refractivity contribution in [2.45, 2.75) is 12.8 Å². The van der Waals surface area contributed by atoms with Gasteiger partial charge in [-0.25, -0.2) is 0 Å². The molecule has 0 amide bonds. The summed E-state index contributed by atoms with van der Waals surface area (Å²) in [6.45, 7) is 2.02. The Morgan fingerprint density at radius 3 is 2.84 bits per heavy atom. The maximum Gasteiger partial charge on any atom is 0.204 e. The van der Waals surface area contributed by atoms with Crippen LogP contribution in [0.25, 0.3) is 0 Å². The molecule has 3 aromatic rings. The molecule has 0 fully saturated rings. The van der Waals surface area contributed by atoms with E-state index < -0.39 is 0 Å². The van der Waals surface area contributed by atoms with E-state index in [0.717, 1.165) is 33.8 Å². The molecule has 124 valence electrons. The number of aromatic nitrogens is 1. The zero-order valence-electron chi connectivity index (χ0n) is 14.0. The summed E-state index contributed by atoms with van der Waals surface area (Å²) in [7, 11) is 1.64. The van der Waals surface area contributed by atoms with Gasteiger partial charge < -0.3 is 20.2 Å². The Kier molecular flexibility index (Phi) is 3.40. The van der Waals surface area contributed by atoms with Gasteiger partial charge in [0.15, 0.2) is 0 Å². The SMILES string of the molecule is COc1cccc(C2c3ccc(C)cc3Oc3[nH]c(N)c(C#N)c32)c1. The van der Waals surface area contributed by atoms with Gasteiger partial charge in [-0.2, -0.15) is 5.26 Å². The van der Waals surface area contributed by atoms with Crippen LogP contribution in [0.15, 0.2) is 42.5 Å². The molecule has 1 unspecified atom stereocenters. The van der Waals surface area contributed by atoms with Crippen molar-refractivity contribution < 1.29 is 9.47 Å². The zero-order chi connectivity index (χ0) is 17.6. The van der Waals surface area contributed by atoms with Crippen LogP contribution >= 0.6 is 0 Å². The Balaban J connectivity index is 2.00. The van der Waals surface area contributed by atoms with E-state index in [2.05, 4.69) is 11.1 Å². The standard InChI is InChI=1S/C20H17N3O2/c1-11-6-7-14-16(8-11)25-20-18(15(10-21)19(22)23-20)17(14)12-4-3-5-13(9-12)24-2/h3-9,17,23H,22H2,1-2H3. The molecular weight excluding hydrogens is 314 g/mol. The number of nitriles is 1. The maximum absolute atomic E-state index is 9.59. The fraction of sp³-hybridized carbons (Fsp3) is 0.150. The Morgan fingerprint density at radius 1 is 1.24 bits per heavy atom. The lowest BCUT2D eigenvalue weighted by molar-refractivity contribution is 0.413. The second-order valence-corrected chi connectivity index (χ2v) is 6.12. The third-order valence-electron chi connectivity index (χ3n) is 4.55. The Hall–Kier alpha value is -3.39. The van der Waals surface area contributed by atoms with E-state index in [4.69, 9.17) is 15.2 Å². The number of hydrogen-bond donors (Lipinski definition) is 2. The average molecular weight is 331 g/mol. The number of benzene rings is 2. The van der Waals surface area contributed by atoms with Gasteiger partial charge in [0.1, 0.15) is 28.9 Å². The number of anilines is 1. The predicted molar refractivity (Wildman–Crippen MR) is 95.1 cm³/mol. The molecule has 1 atom stereocenters. The minimum atomic E-state index is -0.155. The summed E-state index contributed by atoms with van der Waals surface area (Å²) in [5.41, 5.74) is 10.3.